The van der Waals surface area contributed by atoms with E-state index in [1.807, 2.05) is 0 Å². The maximum atomic E-state index is 9.48. The zero-order valence-electron chi connectivity index (χ0n) is 9.90. The molecule has 84 valence electrons. The molecule has 14 heavy (non-hydrogen) atoms. The second-order valence-corrected chi connectivity index (χ2v) is 5.53. The highest BCUT2D eigenvalue weighted by atomic mass is 16.3. The average Bonchev–Trinajstić information content (AvgIpc) is 2.18. The van der Waals surface area contributed by atoms with Crippen LogP contribution in [0.4, 0.5) is 0 Å². The van der Waals surface area contributed by atoms with Crippen molar-refractivity contribution in [2.75, 3.05) is 13.2 Å². The van der Waals surface area contributed by atoms with E-state index in [4.69, 9.17) is 0 Å². The predicted molar refractivity (Wildman–Crippen MR) is 60.4 cm³/mol. The van der Waals surface area contributed by atoms with E-state index in [0.717, 1.165) is 25.8 Å². The Hall–Kier alpha value is -0.0800. The van der Waals surface area contributed by atoms with Crippen LogP contribution in [0.15, 0.2) is 0 Å². The molecule has 0 spiro atoms. The topological polar surface area (TPSA) is 32.3 Å². The standard InChI is InChI=1S/C12H25NO/c1-4-9-13-12(10-14)7-5-11(2,3)6-8-12/h13-14H,4-10H2,1-3H3. The molecule has 2 heteroatoms. The first-order valence-corrected chi connectivity index (χ1v) is 5.89. The van der Waals surface area contributed by atoms with E-state index in [1.165, 1.54) is 12.8 Å². The molecule has 0 aromatic heterocycles. The molecule has 1 fully saturated rings. The van der Waals surface area contributed by atoms with Crippen molar-refractivity contribution in [2.45, 2.75) is 58.4 Å². The van der Waals surface area contributed by atoms with E-state index >= 15 is 0 Å². The fourth-order valence-corrected chi connectivity index (χ4v) is 2.19. The number of aliphatic hydroxyl groups is 1. The van der Waals surface area contributed by atoms with Crippen molar-refractivity contribution >= 4 is 0 Å². The van der Waals surface area contributed by atoms with Gasteiger partial charge >= 0.3 is 0 Å². The Morgan fingerprint density at radius 2 is 1.71 bits per heavy atom. The van der Waals surface area contributed by atoms with E-state index < -0.39 is 0 Å². The first kappa shape index (κ1) is 12.0. The second-order valence-electron chi connectivity index (χ2n) is 5.53. The fourth-order valence-electron chi connectivity index (χ4n) is 2.19. The summed E-state index contributed by atoms with van der Waals surface area (Å²) in [5, 5.41) is 13.0. The van der Waals surface area contributed by atoms with Crippen LogP contribution in [0.25, 0.3) is 0 Å². The molecule has 0 amide bonds. The van der Waals surface area contributed by atoms with Gasteiger partial charge in [-0.2, -0.15) is 0 Å². The van der Waals surface area contributed by atoms with Crippen LogP contribution < -0.4 is 5.32 Å². The van der Waals surface area contributed by atoms with E-state index in [9.17, 15) is 5.11 Å². The summed E-state index contributed by atoms with van der Waals surface area (Å²) >= 11 is 0. The molecule has 1 rings (SSSR count). The van der Waals surface area contributed by atoms with Crippen LogP contribution >= 0.6 is 0 Å². The molecule has 1 aliphatic rings. The van der Waals surface area contributed by atoms with Gasteiger partial charge in [-0.3, -0.25) is 0 Å². The summed E-state index contributed by atoms with van der Waals surface area (Å²) in [4.78, 5) is 0. The van der Waals surface area contributed by atoms with E-state index in [-0.39, 0.29) is 5.54 Å². The molecule has 0 aromatic rings. The van der Waals surface area contributed by atoms with E-state index in [2.05, 4.69) is 26.1 Å². The molecule has 0 radical (unpaired) electrons. The Kier molecular flexibility index (Phi) is 3.96. The van der Waals surface area contributed by atoms with Crippen molar-refractivity contribution in [3.63, 3.8) is 0 Å². The third-order valence-corrected chi connectivity index (χ3v) is 3.61. The van der Waals surface area contributed by atoms with Gasteiger partial charge in [-0.25, -0.2) is 0 Å². The highest BCUT2D eigenvalue weighted by molar-refractivity contribution is 4.94. The third-order valence-electron chi connectivity index (χ3n) is 3.61. The normalized spacial score (nSPS) is 24.9. The fraction of sp³-hybridized carbons (Fsp3) is 1.00. The lowest BCUT2D eigenvalue weighted by molar-refractivity contribution is 0.0765. The number of aliphatic hydroxyl groups excluding tert-OH is 1. The Morgan fingerprint density at radius 3 is 2.14 bits per heavy atom. The van der Waals surface area contributed by atoms with Gasteiger partial charge in [0.05, 0.1) is 6.61 Å². The molecule has 0 aliphatic heterocycles. The van der Waals surface area contributed by atoms with E-state index in [0.29, 0.717) is 12.0 Å². The highest BCUT2D eigenvalue weighted by Crippen LogP contribution is 2.39. The highest BCUT2D eigenvalue weighted by Gasteiger charge is 2.37. The van der Waals surface area contributed by atoms with Crippen LogP contribution in [0.3, 0.4) is 0 Å². The maximum Gasteiger partial charge on any atom is 0.0613 e. The van der Waals surface area contributed by atoms with Gasteiger partial charge in [-0.1, -0.05) is 20.8 Å². The van der Waals surface area contributed by atoms with Gasteiger partial charge in [0.1, 0.15) is 0 Å². The summed E-state index contributed by atoms with van der Waals surface area (Å²) in [5.41, 5.74) is 0.512. The first-order valence-electron chi connectivity index (χ1n) is 5.89. The molecule has 0 aromatic carbocycles. The minimum atomic E-state index is 0.0333. The lowest BCUT2D eigenvalue weighted by Gasteiger charge is -2.43. The summed E-state index contributed by atoms with van der Waals surface area (Å²) < 4.78 is 0. The zero-order valence-corrected chi connectivity index (χ0v) is 9.90. The lowest BCUT2D eigenvalue weighted by Crippen LogP contribution is -2.52. The zero-order chi connectivity index (χ0) is 10.7. The maximum absolute atomic E-state index is 9.48. The largest absolute Gasteiger partial charge is 0.394 e. The van der Waals surface area contributed by atoms with Crippen molar-refractivity contribution in [2.24, 2.45) is 5.41 Å². The molecule has 2 nitrogen and oxygen atoms in total. The summed E-state index contributed by atoms with van der Waals surface area (Å²) in [6.45, 7) is 8.15. The summed E-state index contributed by atoms with van der Waals surface area (Å²) in [5.74, 6) is 0. The van der Waals surface area contributed by atoms with Crippen molar-refractivity contribution in [3.05, 3.63) is 0 Å². The van der Waals surface area contributed by atoms with Crippen LogP contribution in [0.1, 0.15) is 52.9 Å². The predicted octanol–water partition coefficient (Wildman–Crippen LogP) is 2.32. The summed E-state index contributed by atoms with van der Waals surface area (Å²) in [6, 6.07) is 0. The monoisotopic (exact) mass is 199 g/mol. The molecule has 0 heterocycles. The third kappa shape index (κ3) is 2.96. The van der Waals surface area contributed by atoms with Crippen molar-refractivity contribution in [1.82, 2.24) is 5.32 Å². The number of rotatable bonds is 4. The Balaban J connectivity index is 2.48. The molecule has 1 aliphatic carbocycles. The molecular formula is C12H25NO. The quantitative estimate of drug-likeness (QED) is 0.728. The van der Waals surface area contributed by atoms with Gasteiger partial charge in [0.2, 0.25) is 0 Å². The number of hydrogen-bond donors (Lipinski definition) is 2. The summed E-state index contributed by atoms with van der Waals surface area (Å²) in [6.07, 6.45) is 5.84. The molecule has 0 unspecified atom stereocenters. The minimum absolute atomic E-state index is 0.0333. The van der Waals surface area contributed by atoms with Crippen LogP contribution in [0.2, 0.25) is 0 Å². The molecule has 0 saturated heterocycles. The molecule has 0 atom stereocenters. The van der Waals surface area contributed by atoms with Crippen LogP contribution in [-0.4, -0.2) is 23.8 Å². The average molecular weight is 199 g/mol. The minimum Gasteiger partial charge on any atom is -0.394 e. The SMILES string of the molecule is CCCNC1(CO)CCC(C)(C)CC1. The Morgan fingerprint density at radius 1 is 1.14 bits per heavy atom. The molecular weight excluding hydrogens is 174 g/mol. The molecule has 1 saturated carbocycles. The molecule has 2 N–H and O–H groups in total. The Bertz CT molecular complexity index is 167. The van der Waals surface area contributed by atoms with Crippen molar-refractivity contribution < 1.29 is 5.11 Å². The second kappa shape index (κ2) is 4.63. The smallest absolute Gasteiger partial charge is 0.0613 e. The van der Waals surface area contributed by atoms with Gasteiger partial charge in [-0.05, 0) is 44.1 Å². The van der Waals surface area contributed by atoms with Crippen molar-refractivity contribution in [1.29, 1.82) is 0 Å². The lowest BCUT2D eigenvalue weighted by atomic mass is 9.69. The van der Waals surface area contributed by atoms with Crippen LogP contribution in [0, 0.1) is 5.41 Å². The van der Waals surface area contributed by atoms with E-state index in [1.54, 1.807) is 0 Å². The van der Waals surface area contributed by atoms with Gasteiger partial charge in [0, 0.05) is 5.54 Å². The van der Waals surface area contributed by atoms with Crippen LogP contribution in [0.5, 0.6) is 0 Å². The number of hydrogen-bond acceptors (Lipinski definition) is 2. The van der Waals surface area contributed by atoms with Gasteiger partial charge in [-0.15, -0.1) is 0 Å². The summed E-state index contributed by atoms with van der Waals surface area (Å²) in [7, 11) is 0. The van der Waals surface area contributed by atoms with Gasteiger partial charge < -0.3 is 10.4 Å². The first-order chi connectivity index (χ1) is 6.54. The van der Waals surface area contributed by atoms with Gasteiger partial charge in [0.15, 0.2) is 0 Å². The molecule has 0 bridgehead atoms. The van der Waals surface area contributed by atoms with Gasteiger partial charge in [0.25, 0.3) is 0 Å². The van der Waals surface area contributed by atoms with Crippen LogP contribution in [-0.2, 0) is 0 Å². The number of nitrogens with one attached hydrogen (secondary N) is 1. The Labute approximate surface area is 88.1 Å². The van der Waals surface area contributed by atoms with Crippen molar-refractivity contribution in [3.8, 4) is 0 Å².